The molecule has 0 spiro atoms. The molecule has 25 heavy (non-hydrogen) atoms. The van der Waals surface area contributed by atoms with Gasteiger partial charge in [0.05, 0.1) is 15.6 Å². The maximum absolute atomic E-state index is 11.4. The van der Waals surface area contributed by atoms with E-state index in [1.807, 2.05) is 0 Å². The average molecular weight is 375 g/mol. The maximum Gasteiger partial charge on any atom is 0.294 e. The van der Waals surface area contributed by atoms with E-state index in [0.717, 1.165) is 24.3 Å². The molecule has 0 radical (unpaired) electrons. The van der Waals surface area contributed by atoms with Crippen LogP contribution in [0.5, 0.6) is 0 Å². The van der Waals surface area contributed by atoms with E-state index >= 15 is 0 Å². The first-order valence-electron chi connectivity index (χ1n) is 7.61. The van der Waals surface area contributed by atoms with Crippen LogP contribution in [0, 0.1) is 10.1 Å². The van der Waals surface area contributed by atoms with Gasteiger partial charge in [-0.3, -0.25) is 10.1 Å². The van der Waals surface area contributed by atoms with Gasteiger partial charge in [0.2, 0.25) is 0 Å². The topological polar surface area (TPSA) is 73.0 Å². The van der Waals surface area contributed by atoms with Crippen LogP contribution in [-0.4, -0.2) is 21.2 Å². The average Bonchev–Trinajstić information content (AvgIpc) is 3.19. The Balaban J connectivity index is 1.96. The van der Waals surface area contributed by atoms with E-state index in [4.69, 9.17) is 23.2 Å². The minimum absolute atomic E-state index is 0.00904. The van der Waals surface area contributed by atoms with Crippen molar-refractivity contribution in [1.29, 1.82) is 0 Å². The zero-order valence-electron chi connectivity index (χ0n) is 12.9. The smallest absolute Gasteiger partial charge is 0.294 e. The van der Waals surface area contributed by atoms with E-state index < -0.39 is 4.92 Å². The Labute approximate surface area is 153 Å². The highest BCUT2D eigenvalue weighted by molar-refractivity contribution is 6.35. The molecule has 3 aromatic rings. The monoisotopic (exact) mass is 374 g/mol. The van der Waals surface area contributed by atoms with Gasteiger partial charge in [0.25, 0.3) is 5.69 Å². The molecular weight excluding hydrogens is 363 g/mol. The molecule has 126 valence electrons. The molecule has 0 bridgehead atoms. The number of hydrogen-bond acceptors (Lipinski definition) is 4. The summed E-state index contributed by atoms with van der Waals surface area (Å²) in [6.07, 6.45) is 0.758. The van der Waals surface area contributed by atoms with Crippen LogP contribution >= 0.6 is 23.2 Å². The Morgan fingerprint density at radius 3 is 2.80 bits per heavy atom. The van der Waals surface area contributed by atoms with Crippen molar-refractivity contribution in [3.63, 3.8) is 0 Å². The highest BCUT2D eigenvalue weighted by Gasteiger charge is 2.27. The van der Waals surface area contributed by atoms with Gasteiger partial charge in [0.1, 0.15) is 11.5 Å². The molecule has 0 atom stereocenters. The third kappa shape index (κ3) is 2.63. The molecule has 1 aliphatic rings. The summed E-state index contributed by atoms with van der Waals surface area (Å²) in [7, 11) is 0. The number of nitrogens with zero attached hydrogens (tertiary/aromatic N) is 3. The quantitative estimate of drug-likeness (QED) is 0.531. The molecule has 0 fully saturated rings. The fraction of sp³-hybridized carbons (Fsp3) is 0.118. The molecule has 1 aliphatic heterocycles. The van der Waals surface area contributed by atoms with Gasteiger partial charge in [0.15, 0.2) is 0 Å². The number of nitrogens with one attached hydrogen (secondary N) is 1. The zero-order chi connectivity index (χ0) is 17.6. The van der Waals surface area contributed by atoms with Crippen LogP contribution in [0.1, 0.15) is 5.56 Å². The Hall–Kier alpha value is -2.57. The van der Waals surface area contributed by atoms with Gasteiger partial charge in [-0.05, 0) is 30.7 Å². The van der Waals surface area contributed by atoms with Gasteiger partial charge in [-0.1, -0.05) is 35.3 Å². The van der Waals surface area contributed by atoms with E-state index in [1.54, 1.807) is 41.1 Å². The molecular formula is C17H12Cl2N4O2. The van der Waals surface area contributed by atoms with Gasteiger partial charge in [-0.25, -0.2) is 4.68 Å². The number of nitro groups is 1. The fourth-order valence-electron chi connectivity index (χ4n) is 3.04. The van der Waals surface area contributed by atoms with E-state index in [-0.39, 0.29) is 5.69 Å². The molecule has 0 saturated carbocycles. The van der Waals surface area contributed by atoms with Crippen LogP contribution in [0.25, 0.3) is 16.9 Å². The summed E-state index contributed by atoms with van der Waals surface area (Å²) in [6.45, 7) is 0.735. The summed E-state index contributed by atoms with van der Waals surface area (Å²) in [5, 5.41) is 20.3. The number of nitro benzene ring substituents is 1. The zero-order valence-corrected chi connectivity index (χ0v) is 14.4. The second-order valence-corrected chi connectivity index (χ2v) is 6.48. The number of aromatic nitrogens is 2. The van der Waals surface area contributed by atoms with Gasteiger partial charge < -0.3 is 5.32 Å². The largest absolute Gasteiger partial charge is 0.369 e. The molecule has 0 saturated heterocycles. The van der Waals surface area contributed by atoms with Crippen LogP contribution in [0.2, 0.25) is 10.0 Å². The van der Waals surface area contributed by atoms with Crippen LogP contribution in [-0.2, 0) is 6.42 Å². The molecule has 0 aliphatic carbocycles. The Bertz CT molecular complexity index is 1000. The summed E-state index contributed by atoms with van der Waals surface area (Å²) >= 11 is 12.4. The molecule has 8 heteroatoms. The van der Waals surface area contributed by atoms with Gasteiger partial charge in [-0.15, -0.1) is 0 Å². The van der Waals surface area contributed by atoms with Gasteiger partial charge in [-0.2, -0.15) is 5.10 Å². The summed E-state index contributed by atoms with van der Waals surface area (Å²) in [5.74, 6) is 0.750. The minimum atomic E-state index is -0.412. The van der Waals surface area contributed by atoms with Crippen LogP contribution in [0.4, 0.5) is 11.5 Å². The second kappa shape index (κ2) is 6.06. The van der Waals surface area contributed by atoms with Crippen LogP contribution < -0.4 is 5.32 Å². The summed E-state index contributed by atoms with van der Waals surface area (Å²) in [6, 6.07) is 11.7. The number of fused-ring (bicyclic) bond motifs is 1. The lowest BCUT2D eigenvalue weighted by Gasteiger charge is -2.07. The van der Waals surface area contributed by atoms with E-state index in [9.17, 15) is 10.1 Å². The molecule has 2 heterocycles. The van der Waals surface area contributed by atoms with Crippen molar-refractivity contribution in [3.05, 3.63) is 68.2 Å². The van der Waals surface area contributed by atoms with E-state index in [2.05, 4.69) is 10.4 Å². The second-order valence-electron chi connectivity index (χ2n) is 5.63. The summed E-state index contributed by atoms with van der Waals surface area (Å²) in [4.78, 5) is 11.0. The third-order valence-corrected chi connectivity index (χ3v) is 4.71. The van der Waals surface area contributed by atoms with Crippen molar-refractivity contribution in [3.8, 4) is 16.9 Å². The molecule has 6 nitrogen and oxygen atoms in total. The van der Waals surface area contributed by atoms with Crippen molar-refractivity contribution in [1.82, 2.24) is 9.78 Å². The third-order valence-electron chi connectivity index (χ3n) is 4.14. The fourth-order valence-corrected chi connectivity index (χ4v) is 3.42. The lowest BCUT2D eigenvalue weighted by atomic mass is 10.1. The normalized spacial score (nSPS) is 12.7. The maximum atomic E-state index is 11.4. The Morgan fingerprint density at radius 2 is 2.00 bits per heavy atom. The molecule has 1 N–H and O–H groups in total. The molecule has 2 aromatic carbocycles. The van der Waals surface area contributed by atoms with Gasteiger partial charge in [0, 0.05) is 28.8 Å². The lowest BCUT2D eigenvalue weighted by molar-refractivity contribution is -0.384. The number of anilines is 1. The lowest BCUT2D eigenvalue weighted by Crippen LogP contribution is -2.06. The first kappa shape index (κ1) is 15.9. The Kier molecular flexibility index (Phi) is 3.86. The predicted octanol–water partition coefficient (Wildman–Crippen LogP) is 4.72. The summed E-state index contributed by atoms with van der Waals surface area (Å²) < 4.78 is 1.58. The molecule has 0 amide bonds. The minimum Gasteiger partial charge on any atom is -0.369 e. The van der Waals surface area contributed by atoms with Gasteiger partial charge >= 0.3 is 0 Å². The molecule has 1 aromatic heterocycles. The SMILES string of the molecule is O=[N+]([O-])c1ccccc1-n1nc(-c2cc(Cl)ccc2Cl)c2c1NCC2. The first-order chi connectivity index (χ1) is 12.1. The number of hydrogen-bond donors (Lipinski definition) is 1. The standard InChI is InChI=1S/C17H12Cl2N4O2/c18-10-5-6-13(19)12(9-10)16-11-7-8-20-17(11)22(21-16)14-3-1-2-4-15(14)23(24)25/h1-6,9,20H,7-8H2. The van der Waals surface area contributed by atoms with Crippen molar-refractivity contribution in [2.24, 2.45) is 0 Å². The molecule has 4 rings (SSSR count). The number of rotatable bonds is 3. The van der Waals surface area contributed by atoms with E-state index in [1.165, 1.54) is 6.07 Å². The van der Waals surface area contributed by atoms with Crippen LogP contribution in [0.15, 0.2) is 42.5 Å². The summed E-state index contributed by atoms with van der Waals surface area (Å²) in [5.41, 5.74) is 2.77. The number of para-hydroxylation sites is 2. The van der Waals surface area contributed by atoms with Crippen molar-refractivity contribution in [2.45, 2.75) is 6.42 Å². The first-order valence-corrected chi connectivity index (χ1v) is 8.37. The van der Waals surface area contributed by atoms with E-state index in [0.29, 0.717) is 27.0 Å². The highest BCUT2D eigenvalue weighted by atomic mass is 35.5. The Morgan fingerprint density at radius 1 is 1.20 bits per heavy atom. The highest BCUT2D eigenvalue weighted by Crippen LogP contribution is 2.39. The number of benzene rings is 2. The van der Waals surface area contributed by atoms with Crippen molar-refractivity contribution in [2.75, 3.05) is 11.9 Å². The predicted molar refractivity (Wildman–Crippen MR) is 97.9 cm³/mol. The van der Waals surface area contributed by atoms with Crippen LogP contribution in [0.3, 0.4) is 0 Å². The van der Waals surface area contributed by atoms with Crippen molar-refractivity contribution < 1.29 is 4.92 Å². The molecule has 0 unspecified atom stereocenters. The van der Waals surface area contributed by atoms with Crippen molar-refractivity contribution >= 4 is 34.7 Å². The number of halogens is 2.